The van der Waals surface area contributed by atoms with Gasteiger partial charge in [-0.1, -0.05) is 23.2 Å². The maximum absolute atomic E-state index is 15.5. The van der Waals surface area contributed by atoms with Crippen LogP contribution < -0.4 is 16.8 Å². The normalized spacial score (nSPS) is 25.9. The van der Waals surface area contributed by atoms with Crippen LogP contribution in [0.5, 0.6) is 0 Å². The summed E-state index contributed by atoms with van der Waals surface area (Å²) in [5, 5.41) is 9.04. The first-order valence-electron chi connectivity index (χ1n) is 12.2. The van der Waals surface area contributed by atoms with Crippen molar-refractivity contribution >= 4 is 50.5 Å². The molecule has 8 nitrogen and oxygen atoms in total. The van der Waals surface area contributed by atoms with Crippen molar-refractivity contribution in [3.05, 3.63) is 69.6 Å². The molecule has 14 heteroatoms. The molecule has 0 bridgehead atoms. The molecule has 2 aromatic rings. The molecule has 0 aromatic heterocycles. The standard InChI is InChI=1S/C26H27Cl2F3N4O4S/c1-34-23(33)21(24(36)35-17-4-7-20(29)19(28)10-17)22(32)13-8-14-11-25(37,12-15(14)9-13)26(30,31)40(38,39)18-5-2-16(27)3-6-18/h2-7,10,13-15,37H,8-9,11-12,32H2,1H3,(H2,33,34)(H,35,36). The first-order chi connectivity index (χ1) is 18.6. The number of halogens is 5. The molecule has 1 amide bonds. The van der Waals surface area contributed by atoms with Crippen molar-refractivity contribution in [3.8, 4) is 0 Å². The third-order valence-corrected chi connectivity index (χ3v) is 10.2. The number of nitrogens with two attached hydrogens (primary N) is 2. The van der Waals surface area contributed by atoms with Gasteiger partial charge in [-0.3, -0.25) is 9.79 Å². The van der Waals surface area contributed by atoms with Gasteiger partial charge in [-0.15, -0.1) is 0 Å². The molecular formula is C26H27Cl2F3N4O4S. The highest BCUT2D eigenvalue weighted by Crippen LogP contribution is 2.58. The van der Waals surface area contributed by atoms with Gasteiger partial charge in [-0.05, 0) is 85.9 Å². The highest BCUT2D eigenvalue weighted by Gasteiger charge is 2.67. The van der Waals surface area contributed by atoms with E-state index in [1.807, 2.05) is 0 Å². The Bertz CT molecular complexity index is 1490. The number of amides is 1. The SMILES string of the molecule is CN=C(N)C(C(=O)Nc1ccc(F)c(Cl)c1)=C(N)C1CC2CC(O)(C(F)(F)S(=O)(=O)c3ccc(Cl)cc3)CC2C1. The zero-order chi connectivity index (χ0) is 29.6. The van der Waals surface area contributed by atoms with Gasteiger partial charge in [-0.2, -0.15) is 8.78 Å². The number of sulfone groups is 1. The molecule has 2 aliphatic rings. The van der Waals surface area contributed by atoms with E-state index in [0.717, 1.165) is 18.2 Å². The van der Waals surface area contributed by atoms with Gasteiger partial charge in [0.1, 0.15) is 22.8 Å². The third kappa shape index (κ3) is 5.29. The van der Waals surface area contributed by atoms with Crippen LogP contribution in [0, 0.1) is 23.6 Å². The molecule has 2 fully saturated rings. The second-order valence-corrected chi connectivity index (χ2v) is 13.0. The summed E-state index contributed by atoms with van der Waals surface area (Å²) < 4.78 is 70.1. The average Bonchev–Trinajstić information content (AvgIpc) is 3.42. The van der Waals surface area contributed by atoms with E-state index in [0.29, 0.717) is 0 Å². The fourth-order valence-corrected chi connectivity index (χ4v) is 7.41. The molecule has 2 aromatic carbocycles. The molecule has 0 saturated heterocycles. The fourth-order valence-electron chi connectivity index (χ4n) is 5.64. The first kappa shape index (κ1) is 30.2. The number of amidine groups is 1. The Morgan fingerprint density at radius 3 is 2.20 bits per heavy atom. The minimum Gasteiger partial charge on any atom is -0.401 e. The predicted octanol–water partition coefficient (Wildman–Crippen LogP) is 4.50. The van der Waals surface area contributed by atoms with E-state index in [9.17, 15) is 22.7 Å². The number of hydrogen-bond acceptors (Lipinski definition) is 6. The second-order valence-electron chi connectivity index (χ2n) is 10.1. The Kier molecular flexibility index (Phi) is 8.21. The number of carbonyl (C=O) groups is 1. The second kappa shape index (κ2) is 10.9. The monoisotopic (exact) mass is 618 g/mol. The van der Waals surface area contributed by atoms with Crippen molar-refractivity contribution in [2.45, 2.75) is 41.4 Å². The van der Waals surface area contributed by atoms with E-state index in [2.05, 4.69) is 10.3 Å². The molecule has 4 rings (SSSR count). The summed E-state index contributed by atoms with van der Waals surface area (Å²) in [6.45, 7) is 0. The van der Waals surface area contributed by atoms with Gasteiger partial charge in [0.05, 0.1) is 9.92 Å². The zero-order valence-electron chi connectivity index (χ0n) is 21.2. The van der Waals surface area contributed by atoms with Crippen LogP contribution in [0.2, 0.25) is 10.0 Å². The number of anilines is 1. The van der Waals surface area contributed by atoms with Gasteiger partial charge in [0.25, 0.3) is 5.91 Å². The first-order valence-corrected chi connectivity index (χ1v) is 14.4. The molecule has 2 unspecified atom stereocenters. The molecule has 40 heavy (non-hydrogen) atoms. The summed E-state index contributed by atoms with van der Waals surface area (Å²) in [5.74, 6) is -3.01. The highest BCUT2D eigenvalue weighted by molar-refractivity contribution is 7.92. The van der Waals surface area contributed by atoms with Gasteiger partial charge in [0, 0.05) is 23.5 Å². The summed E-state index contributed by atoms with van der Waals surface area (Å²) in [7, 11) is -3.87. The van der Waals surface area contributed by atoms with Crippen molar-refractivity contribution < 1.29 is 31.5 Å². The van der Waals surface area contributed by atoms with Crippen LogP contribution in [0.25, 0.3) is 0 Å². The minimum atomic E-state index is -5.23. The Morgan fingerprint density at radius 2 is 1.68 bits per heavy atom. The van der Waals surface area contributed by atoms with Crippen molar-refractivity contribution in [3.63, 3.8) is 0 Å². The lowest BCUT2D eigenvalue weighted by Gasteiger charge is -2.33. The average molecular weight is 619 g/mol. The molecule has 0 spiro atoms. The molecule has 2 saturated carbocycles. The lowest BCUT2D eigenvalue weighted by atomic mass is 9.91. The van der Waals surface area contributed by atoms with E-state index in [4.69, 9.17) is 34.7 Å². The molecule has 6 N–H and O–H groups in total. The van der Waals surface area contributed by atoms with E-state index in [-0.39, 0.29) is 45.7 Å². The maximum atomic E-state index is 15.5. The molecule has 0 heterocycles. The number of benzene rings is 2. The number of aliphatic imine (C=N–C) groups is 1. The number of allylic oxidation sites excluding steroid dienone is 1. The number of carbonyl (C=O) groups excluding carboxylic acids is 1. The summed E-state index contributed by atoms with van der Waals surface area (Å²) >= 11 is 11.5. The number of rotatable bonds is 7. The topological polar surface area (TPSA) is 148 Å². The number of hydrogen-bond donors (Lipinski definition) is 4. The Hall–Kier alpha value is -2.80. The Labute approximate surface area is 239 Å². The van der Waals surface area contributed by atoms with Crippen LogP contribution in [0.1, 0.15) is 25.7 Å². The zero-order valence-corrected chi connectivity index (χ0v) is 23.5. The van der Waals surface area contributed by atoms with Crippen molar-refractivity contribution in [2.24, 2.45) is 34.2 Å². The maximum Gasteiger partial charge on any atom is 0.377 e. The number of aliphatic hydroxyl groups is 1. The highest BCUT2D eigenvalue weighted by atomic mass is 35.5. The summed E-state index contributed by atoms with van der Waals surface area (Å²) in [4.78, 5) is 16.3. The molecule has 216 valence electrons. The largest absolute Gasteiger partial charge is 0.401 e. The Balaban J connectivity index is 1.55. The van der Waals surface area contributed by atoms with E-state index in [1.54, 1.807) is 0 Å². The smallest absolute Gasteiger partial charge is 0.377 e. The number of alkyl halides is 2. The van der Waals surface area contributed by atoms with E-state index in [1.165, 1.54) is 31.3 Å². The van der Waals surface area contributed by atoms with Crippen LogP contribution in [0.3, 0.4) is 0 Å². The van der Waals surface area contributed by atoms with Gasteiger partial charge >= 0.3 is 5.25 Å². The van der Waals surface area contributed by atoms with Gasteiger partial charge < -0.3 is 21.9 Å². The van der Waals surface area contributed by atoms with Gasteiger partial charge in [0.2, 0.25) is 9.84 Å². The minimum absolute atomic E-state index is 0.0762. The molecule has 2 aliphatic carbocycles. The summed E-state index contributed by atoms with van der Waals surface area (Å²) in [5.41, 5.74) is 9.69. The van der Waals surface area contributed by atoms with Crippen LogP contribution in [-0.4, -0.2) is 43.2 Å². The number of fused-ring (bicyclic) bond motifs is 1. The Morgan fingerprint density at radius 1 is 1.10 bits per heavy atom. The molecule has 0 aliphatic heterocycles. The van der Waals surface area contributed by atoms with E-state index >= 15 is 8.78 Å². The molecule has 0 radical (unpaired) electrons. The number of nitrogens with zero attached hydrogens (tertiary/aromatic N) is 1. The van der Waals surface area contributed by atoms with Crippen LogP contribution >= 0.6 is 23.2 Å². The molecular weight excluding hydrogens is 592 g/mol. The number of nitrogens with one attached hydrogen (secondary N) is 1. The molecule has 2 atom stereocenters. The van der Waals surface area contributed by atoms with Crippen molar-refractivity contribution in [1.82, 2.24) is 0 Å². The van der Waals surface area contributed by atoms with Crippen LogP contribution in [0.15, 0.2) is 63.6 Å². The lowest BCUT2D eigenvalue weighted by Crippen LogP contribution is -2.52. The van der Waals surface area contributed by atoms with Crippen molar-refractivity contribution in [1.29, 1.82) is 0 Å². The summed E-state index contributed by atoms with van der Waals surface area (Å²) in [6.07, 6.45) is -0.527. The van der Waals surface area contributed by atoms with Gasteiger partial charge in [-0.25, -0.2) is 12.8 Å². The predicted molar refractivity (Wildman–Crippen MR) is 146 cm³/mol. The van der Waals surface area contributed by atoms with Crippen LogP contribution in [0.4, 0.5) is 18.9 Å². The fraction of sp³-hybridized carbons (Fsp3) is 0.385. The van der Waals surface area contributed by atoms with Gasteiger partial charge in [0.15, 0.2) is 0 Å². The third-order valence-electron chi connectivity index (χ3n) is 7.67. The lowest BCUT2D eigenvalue weighted by molar-refractivity contribution is -0.126. The van der Waals surface area contributed by atoms with Crippen molar-refractivity contribution in [2.75, 3.05) is 12.4 Å². The quantitative estimate of drug-likeness (QED) is 0.204. The van der Waals surface area contributed by atoms with Crippen LogP contribution in [-0.2, 0) is 14.6 Å². The van der Waals surface area contributed by atoms with E-state index < -0.39 is 67.9 Å². The summed E-state index contributed by atoms with van der Waals surface area (Å²) in [6, 6.07) is 7.88.